The normalized spacial score (nSPS) is 11.6. The first-order valence-electron chi connectivity index (χ1n) is 15.9. The van der Waals surface area contributed by atoms with E-state index in [9.17, 15) is 24.9 Å². The maximum atomic E-state index is 11.9. The summed E-state index contributed by atoms with van der Waals surface area (Å²) in [7, 11) is 0. The van der Waals surface area contributed by atoms with E-state index in [-0.39, 0.29) is 5.56 Å². The Labute approximate surface area is 238 Å². The summed E-state index contributed by atoms with van der Waals surface area (Å²) in [6, 6.07) is 6.56. The average Bonchev–Trinajstić information content (AvgIpc) is 2.93. The smallest absolute Gasteiger partial charge is 0.352 e. The van der Waals surface area contributed by atoms with Crippen LogP contribution in [-0.2, 0) is 15.2 Å². The highest BCUT2D eigenvalue weighted by atomic mass is 16.4. The molecule has 0 bridgehead atoms. The van der Waals surface area contributed by atoms with Gasteiger partial charge in [0.15, 0.2) is 0 Å². The summed E-state index contributed by atoms with van der Waals surface area (Å²) in [5.41, 5.74) is -2.52. The Hall–Kier alpha value is -2.08. The van der Waals surface area contributed by atoms with Crippen molar-refractivity contribution in [3.05, 3.63) is 29.8 Å². The van der Waals surface area contributed by atoms with Crippen molar-refractivity contribution in [3.63, 3.8) is 0 Å². The van der Waals surface area contributed by atoms with Gasteiger partial charge in [-0.3, -0.25) is 0 Å². The number of hydrogen-bond acceptors (Lipinski definition) is 4. The van der Waals surface area contributed by atoms with E-state index in [1.54, 1.807) is 18.2 Å². The summed E-state index contributed by atoms with van der Waals surface area (Å²) >= 11 is 0. The minimum Gasteiger partial charge on any atom is -0.478 e. The predicted molar refractivity (Wildman–Crippen MR) is 162 cm³/mol. The predicted octanol–water partition coefficient (Wildman–Crippen LogP) is 8.69. The van der Waals surface area contributed by atoms with Crippen LogP contribution in [-0.4, -0.2) is 40.3 Å². The lowest BCUT2D eigenvalue weighted by atomic mass is 9.91. The summed E-state index contributed by atoms with van der Waals surface area (Å²) in [5.74, 6) is -3.53. The van der Waals surface area contributed by atoms with Crippen LogP contribution in [0.2, 0.25) is 0 Å². The number of carbonyl (C=O) groups is 2. The van der Waals surface area contributed by atoms with E-state index in [1.807, 2.05) is 0 Å². The number of carboxylic acids is 2. The van der Waals surface area contributed by atoms with Crippen molar-refractivity contribution >= 4 is 17.6 Å². The number of aliphatic carboxylic acids is 2. The zero-order valence-corrected chi connectivity index (χ0v) is 25.0. The summed E-state index contributed by atoms with van der Waals surface area (Å²) in [6.07, 6.45) is 24.6. The Bertz CT molecular complexity index is 743. The molecule has 1 aromatic rings. The van der Waals surface area contributed by atoms with Crippen LogP contribution in [0.1, 0.15) is 148 Å². The van der Waals surface area contributed by atoms with E-state index in [0.717, 1.165) is 38.8 Å². The summed E-state index contributed by atoms with van der Waals surface area (Å²) in [4.78, 5) is 25.9. The molecule has 0 atom stereocenters. The number of nitrogens with zero attached hydrogens (tertiary/aromatic N) is 1. The lowest BCUT2D eigenvalue weighted by Gasteiger charge is -2.30. The van der Waals surface area contributed by atoms with E-state index in [0.29, 0.717) is 5.69 Å². The standard InChI is InChI=1S/C33H57NO5/c1-3-5-7-9-11-13-15-17-19-23-27-34(28-24-20-18-16-14-12-10-8-6-4-2)30-26-22-21-25-29(30)33(39,31(35)36)32(37)38/h21-22,25-26,39H,3-20,23-24,27-28H2,1-2H3,(H,35,36)(H,37,38). The zero-order chi connectivity index (χ0) is 28.8. The largest absolute Gasteiger partial charge is 0.478 e. The van der Waals surface area contributed by atoms with Crippen LogP contribution in [0.4, 0.5) is 5.69 Å². The fraction of sp³-hybridized carbons (Fsp3) is 0.758. The van der Waals surface area contributed by atoms with Crippen LogP contribution in [0.3, 0.4) is 0 Å². The zero-order valence-electron chi connectivity index (χ0n) is 25.0. The Morgan fingerprint density at radius 3 is 1.28 bits per heavy atom. The van der Waals surface area contributed by atoms with Gasteiger partial charge in [0.25, 0.3) is 5.60 Å². The molecular weight excluding hydrogens is 490 g/mol. The molecule has 6 nitrogen and oxygen atoms in total. The number of para-hydroxylation sites is 1. The molecule has 0 amide bonds. The first kappa shape index (κ1) is 34.9. The molecule has 224 valence electrons. The molecule has 0 aliphatic heterocycles. The molecule has 0 radical (unpaired) electrons. The Morgan fingerprint density at radius 1 is 0.590 bits per heavy atom. The van der Waals surface area contributed by atoms with Crippen molar-refractivity contribution in [3.8, 4) is 0 Å². The molecule has 0 saturated carbocycles. The number of benzene rings is 1. The van der Waals surface area contributed by atoms with Gasteiger partial charge in [-0.2, -0.15) is 0 Å². The van der Waals surface area contributed by atoms with Gasteiger partial charge in [0, 0.05) is 24.3 Å². The molecule has 39 heavy (non-hydrogen) atoms. The molecule has 0 heterocycles. The van der Waals surface area contributed by atoms with Crippen molar-refractivity contribution in [1.29, 1.82) is 0 Å². The Balaban J connectivity index is 2.69. The second-order valence-corrected chi connectivity index (χ2v) is 11.2. The van der Waals surface area contributed by atoms with E-state index >= 15 is 0 Å². The fourth-order valence-electron chi connectivity index (χ4n) is 5.31. The maximum absolute atomic E-state index is 11.9. The number of aliphatic hydroxyl groups is 1. The molecule has 3 N–H and O–H groups in total. The number of hydrogen-bond donors (Lipinski definition) is 3. The van der Waals surface area contributed by atoms with Crippen molar-refractivity contribution in [2.45, 2.75) is 148 Å². The SMILES string of the molecule is CCCCCCCCCCCCN(CCCCCCCCCCCC)c1ccccc1C(O)(C(=O)O)C(=O)O. The molecule has 0 saturated heterocycles. The van der Waals surface area contributed by atoms with Gasteiger partial charge in [-0.05, 0) is 18.9 Å². The van der Waals surface area contributed by atoms with Gasteiger partial charge in [-0.15, -0.1) is 0 Å². The molecule has 0 aliphatic carbocycles. The summed E-state index contributed by atoms with van der Waals surface area (Å²) in [5, 5.41) is 30.0. The van der Waals surface area contributed by atoms with Gasteiger partial charge in [-0.25, -0.2) is 9.59 Å². The molecule has 0 aromatic heterocycles. The molecule has 0 spiro atoms. The highest BCUT2D eigenvalue weighted by molar-refractivity contribution is 6.03. The highest BCUT2D eigenvalue weighted by Gasteiger charge is 2.48. The van der Waals surface area contributed by atoms with Crippen molar-refractivity contribution in [2.75, 3.05) is 18.0 Å². The fourth-order valence-corrected chi connectivity index (χ4v) is 5.31. The second-order valence-electron chi connectivity index (χ2n) is 11.2. The van der Waals surface area contributed by atoms with Crippen LogP contribution in [0, 0.1) is 0 Å². The lowest BCUT2D eigenvalue weighted by Crippen LogP contribution is -2.45. The minimum absolute atomic E-state index is 0.0656. The Morgan fingerprint density at radius 2 is 0.923 bits per heavy atom. The lowest BCUT2D eigenvalue weighted by molar-refractivity contribution is -0.177. The van der Waals surface area contributed by atoms with Crippen molar-refractivity contribution in [2.24, 2.45) is 0 Å². The monoisotopic (exact) mass is 547 g/mol. The molecule has 0 fully saturated rings. The second kappa shape index (κ2) is 21.7. The van der Waals surface area contributed by atoms with Crippen LogP contribution in [0.15, 0.2) is 24.3 Å². The van der Waals surface area contributed by atoms with Crippen molar-refractivity contribution in [1.82, 2.24) is 0 Å². The first-order valence-corrected chi connectivity index (χ1v) is 15.9. The molecule has 0 unspecified atom stereocenters. The third-order valence-corrected chi connectivity index (χ3v) is 7.82. The third-order valence-electron chi connectivity index (χ3n) is 7.82. The van der Waals surface area contributed by atoms with E-state index in [4.69, 9.17) is 0 Å². The molecule has 0 aliphatic rings. The van der Waals surface area contributed by atoms with Gasteiger partial charge < -0.3 is 20.2 Å². The van der Waals surface area contributed by atoms with Gasteiger partial charge in [0.2, 0.25) is 0 Å². The number of carboxylic acid groups (broad SMARTS) is 2. The van der Waals surface area contributed by atoms with Crippen LogP contribution >= 0.6 is 0 Å². The quantitative estimate of drug-likeness (QED) is 0.0792. The van der Waals surface area contributed by atoms with Gasteiger partial charge >= 0.3 is 11.9 Å². The number of rotatable bonds is 26. The summed E-state index contributed by atoms with van der Waals surface area (Å²) < 4.78 is 0. The maximum Gasteiger partial charge on any atom is 0.352 e. The number of anilines is 1. The van der Waals surface area contributed by atoms with E-state index < -0.39 is 17.5 Å². The molecular formula is C33H57NO5. The van der Waals surface area contributed by atoms with E-state index in [1.165, 1.54) is 109 Å². The third kappa shape index (κ3) is 13.7. The topological polar surface area (TPSA) is 98.1 Å². The van der Waals surface area contributed by atoms with Crippen molar-refractivity contribution < 1.29 is 24.9 Å². The van der Waals surface area contributed by atoms with Crippen LogP contribution < -0.4 is 4.90 Å². The average molecular weight is 548 g/mol. The molecule has 6 heteroatoms. The Kier molecular flexibility index (Phi) is 19.5. The van der Waals surface area contributed by atoms with Gasteiger partial charge in [0.1, 0.15) is 0 Å². The van der Waals surface area contributed by atoms with Gasteiger partial charge in [0.05, 0.1) is 0 Å². The molecule has 1 aromatic carbocycles. The van der Waals surface area contributed by atoms with E-state index in [2.05, 4.69) is 18.7 Å². The minimum atomic E-state index is -2.97. The van der Waals surface area contributed by atoms with Gasteiger partial charge in [-0.1, -0.05) is 148 Å². The van der Waals surface area contributed by atoms with Crippen LogP contribution in [0.25, 0.3) is 0 Å². The summed E-state index contributed by atoms with van der Waals surface area (Å²) in [6.45, 7) is 5.92. The highest BCUT2D eigenvalue weighted by Crippen LogP contribution is 2.32. The van der Waals surface area contributed by atoms with Crippen LogP contribution in [0.5, 0.6) is 0 Å². The first-order chi connectivity index (χ1) is 18.9. The molecule has 1 rings (SSSR count). The number of unbranched alkanes of at least 4 members (excludes halogenated alkanes) is 18.